The number of carbonyl (C=O) groups excluding carboxylic acids is 2. The summed E-state index contributed by atoms with van der Waals surface area (Å²) in [5.41, 5.74) is -0.143. The van der Waals surface area contributed by atoms with Crippen LogP contribution in [0.1, 0.15) is 43.5 Å². The molecule has 0 aliphatic heterocycles. The summed E-state index contributed by atoms with van der Waals surface area (Å²) in [5.74, 6) is -0.162. The van der Waals surface area contributed by atoms with Crippen molar-refractivity contribution in [2.75, 3.05) is 6.61 Å². The molecule has 0 bridgehead atoms. The molecule has 1 amide bonds. The molecule has 1 aromatic rings. The number of benzene rings is 1. The van der Waals surface area contributed by atoms with Crippen LogP contribution in [-0.2, 0) is 9.53 Å². The molecule has 1 aliphatic rings. The Hall–Kier alpha value is -2.44. The topological polar surface area (TPSA) is 98.5 Å². The molecule has 0 heterocycles. The van der Waals surface area contributed by atoms with Gasteiger partial charge in [-0.15, -0.1) is 0 Å². The molecule has 0 saturated heterocycles. The van der Waals surface area contributed by atoms with E-state index in [9.17, 15) is 19.7 Å². The van der Waals surface area contributed by atoms with Crippen molar-refractivity contribution in [3.63, 3.8) is 0 Å². The van der Waals surface area contributed by atoms with Gasteiger partial charge in [-0.2, -0.15) is 0 Å². The zero-order chi connectivity index (χ0) is 17.7. The Bertz CT molecular complexity index is 631. The van der Waals surface area contributed by atoms with Crippen molar-refractivity contribution < 1.29 is 19.2 Å². The van der Waals surface area contributed by atoms with Crippen LogP contribution in [0.3, 0.4) is 0 Å². The zero-order valence-corrected chi connectivity index (χ0v) is 13.9. The van der Waals surface area contributed by atoms with Gasteiger partial charge in [0.05, 0.1) is 10.5 Å². The second-order valence-electron chi connectivity index (χ2n) is 6.32. The maximum Gasteiger partial charge on any atom is 0.338 e. The first-order valence-electron chi connectivity index (χ1n) is 8.09. The van der Waals surface area contributed by atoms with Crippen molar-refractivity contribution in [3.8, 4) is 0 Å². The van der Waals surface area contributed by atoms with Crippen LogP contribution in [0, 0.1) is 22.0 Å². The predicted octanol–water partition coefficient (Wildman–Crippen LogP) is 2.69. The van der Waals surface area contributed by atoms with Gasteiger partial charge >= 0.3 is 5.97 Å². The molecule has 24 heavy (non-hydrogen) atoms. The van der Waals surface area contributed by atoms with Crippen LogP contribution >= 0.6 is 0 Å². The summed E-state index contributed by atoms with van der Waals surface area (Å²) >= 11 is 0. The normalized spacial score (nSPS) is 23.3. The third-order valence-corrected chi connectivity index (χ3v) is 4.68. The minimum absolute atomic E-state index is 0.0525. The van der Waals surface area contributed by atoms with Crippen molar-refractivity contribution in [2.45, 2.75) is 39.2 Å². The van der Waals surface area contributed by atoms with Gasteiger partial charge in [0.1, 0.15) is 0 Å². The van der Waals surface area contributed by atoms with Gasteiger partial charge < -0.3 is 10.1 Å². The summed E-state index contributed by atoms with van der Waals surface area (Å²) in [5, 5.41) is 13.6. The fourth-order valence-electron chi connectivity index (χ4n) is 3.00. The second-order valence-corrected chi connectivity index (χ2v) is 6.32. The number of amides is 1. The first-order valence-corrected chi connectivity index (χ1v) is 8.09. The van der Waals surface area contributed by atoms with E-state index in [4.69, 9.17) is 4.74 Å². The average Bonchev–Trinajstić information content (AvgIpc) is 2.57. The number of nitrogens with zero attached hydrogens (tertiary/aromatic N) is 1. The zero-order valence-electron chi connectivity index (χ0n) is 13.9. The minimum Gasteiger partial charge on any atom is -0.452 e. The number of nitrogens with one attached hydrogen (secondary N) is 1. The van der Waals surface area contributed by atoms with E-state index in [0.29, 0.717) is 11.8 Å². The van der Waals surface area contributed by atoms with E-state index in [2.05, 4.69) is 19.2 Å². The van der Waals surface area contributed by atoms with Crippen LogP contribution in [0.5, 0.6) is 0 Å². The number of rotatable bonds is 5. The SMILES string of the molecule is C[C@@H]1[C@H](C)CCC[C@H]1NC(=O)COC(=O)c1cccc([N+](=O)[O-])c1. The van der Waals surface area contributed by atoms with Crippen molar-refractivity contribution >= 4 is 17.6 Å². The Balaban J connectivity index is 1.86. The van der Waals surface area contributed by atoms with Crippen molar-refractivity contribution in [3.05, 3.63) is 39.9 Å². The van der Waals surface area contributed by atoms with E-state index >= 15 is 0 Å². The van der Waals surface area contributed by atoms with Crippen LogP contribution in [0.2, 0.25) is 0 Å². The monoisotopic (exact) mass is 334 g/mol. The number of hydrogen-bond acceptors (Lipinski definition) is 5. The molecular formula is C17H22N2O5. The lowest BCUT2D eigenvalue weighted by Gasteiger charge is -2.34. The lowest BCUT2D eigenvalue weighted by atomic mass is 9.78. The smallest absolute Gasteiger partial charge is 0.338 e. The van der Waals surface area contributed by atoms with Crippen molar-refractivity contribution in [1.29, 1.82) is 0 Å². The third kappa shape index (κ3) is 4.53. The maximum absolute atomic E-state index is 12.0. The van der Waals surface area contributed by atoms with Crippen LogP contribution in [0.4, 0.5) is 5.69 Å². The molecule has 0 aromatic heterocycles. The summed E-state index contributed by atoms with van der Waals surface area (Å²) in [6.45, 7) is 3.90. The fraction of sp³-hybridized carbons (Fsp3) is 0.529. The number of esters is 1. The molecule has 1 saturated carbocycles. The Kier molecular flexibility index (Phi) is 5.89. The Morgan fingerprint density at radius 2 is 2.08 bits per heavy atom. The van der Waals surface area contributed by atoms with Crippen molar-refractivity contribution in [2.24, 2.45) is 11.8 Å². The van der Waals surface area contributed by atoms with Gasteiger partial charge in [0.25, 0.3) is 11.6 Å². The molecule has 3 atom stereocenters. The Labute approximate surface area is 140 Å². The lowest BCUT2D eigenvalue weighted by Crippen LogP contribution is -2.45. The average molecular weight is 334 g/mol. The number of hydrogen-bond donors (Lipinski definition) is 1. The molecule has 130 valence electrons. The molecular weight excluding hydrogens is 312 g/mol. The van der Waals surface area contributed by atoms with Crippen LogP contribution in [0.15, 0.2) is 24.3 Å². The molecule has 1 aliphatic carbocycles. The summed E-state index contributed by atoms with van der Waals surface area (Å²) in [6.07, 6.45) is 3.16. The Morgan fingerprint density at radius 3 is 2.79 bits per heavy atom. The second kappa shape index (κ2) is 7.90. The first kappa shape index (κ1) is 17.9. The van der Waals surface area contributed by atoms with Crippen LogP contribution in [0.25, 0.3) is 0 Å². The fourth-order valence-corrected chi connectivity index (χ4v) is 3.00. The molecule has 7 heteroatoms. The summed E-state index contributed by atoms with van der Waals surface area (Å²) < 4.78 is 4.95. The van der Waals surface area contributed by atoms with E-state index in [0.717, 1.165) is 25.3 Å². The van der Waals surface area contributed by atoms with Crippen molar-refractivity contribution in [1.82, 2.24) is 5.32 Å². The quantitative estimate of drug-likeness (QED) is 0.507. The van der Waals surface area contributed by atoms with Gasteiger partial charge in [0.2, 0.25) is 0 Å². The molecule has 1 fully saturated rings. The number of non-ortho nitro benzene ring substituents is 1. The van der Waals surface area contributed by atoms with Gasteiger partial charge in [-0.25, -0.2) is 4.79 Å². The highest BCUT2D eigenvalue weighted by Crippen LogP contribution is 2.29. The lowest BCUT2D eigenvalue weighted by molar-refractivity contribution is -0.384. The minimum atomic E-state index is -0.751. The van der Waals surface area contributed by atoms with E-state index in [1.54, 1.807) is 0 Å². The molecule has 0 unspecified atom stereocenters. The van der Waals surface area contributed by atoms with Gasteiger partial charge in [-0.05, 0) is 24.3 Å². The molecule has 1 N–H and O–H groups in total. The highest BCUT2D eigenvalue weighted by atomic mass is 16.6. The van der Waals surface area contributed by atoms with Gasteiger partial charge in [-0.3, -0.25) is 14.9 Å². The standard InChI is InChI=1S/C17H22N2O5/c1-11-5-3-8-15(12(11)2)18-16(20)10-24-17(21)13-6-4-7-14(9-13)19(22)23/h4,6-7,9,11-12,15H,3,5,8,10H2,1-2H3,(H,18,20)/t11-,12-,15-/m1/s1. The Morgan fingerprint density at radius 1 is 1.33 bits per heavy atom. The highest BCUT2D eigenvalue weighted by molar-refractivity contribution is 5.91. The number of nitro benzene ring substituents is 1. The van der Waals surface area contributed by atoms with Gasteiger partial charge in [0, 0.05) is 18.2 Å². The number of ether oxygens (including phenoxy) is 1. The maximum atomic E-state index is 12.0. The van der Waals surface area contributed by atoms with E-state index in [1.807, 2.05) is 0 Å². The van der Waals surface area contributed by atoms with Gasteiger partial charge in [0.15, 0.2) is 6.61 Å². The number of nitro groups is 1. The molecule has 0 radical (unpaired) electrons. The highest BCUT2D eigenvalue weighted by Gasteiger charge is 2.28. The first-order chi connectivity index (χ1) is 11.4. The summed E-state index contributed by atoms with van der Waals surface area (Å²) in [6, 6.07) is 5.33. The largest absolute Gasteiger partial charge is 0.452 e. The summed E-state index contributed by atoms with van der Waals surface area (Å²) in [4.78, 5) is 34.0. The van der Waals surface area contributed by atoms with Crippen LogP contribution < -0.4 is 5.32 Å². The van der Waals surface area contributed by atoms with Gasteiger partial charge in [-0.1, -0.05) is 32.8 Å². The van der Waals surface area contributed by atoms with Crippen LogP contribution in [-0.4, -0.2) is 29.4 Å². The predicted molar refractivity (Wildman–Crippen MR) is 87.5 cm³/mol. The number of carbonyl (C=O) groups is 2. The van der Waals surface area contributed by atoms with E-state index < -0.39 is 10.9 Å². The molecule has 2 rings (SSSR count). The van der Waals surface area contributed by atoms with E-state index in [1.165, 1.54) is 18.2 Å². The molecule has 7 nitrogen and oxygen atoms in total. The summed E-state index contributed by atoms with van der Waals surface area (Å²) in [7, 11) is 0. The van der Waals surface area contributed by atoms with E-state index in [-0.39, 0.29) is 29.8 Å². The molecule has 1 aromatic carbocycles. The third-order valence-electron chi connectivity index (χ3n) is 4.68. The molecule has 0 spiro atoms.